The van der Waals surface area contributed by atoms with E-state index in [1.54, 1.807) is 19.1 Å². The number of carbonyl (C=O) groups excluding carboxylic acids is 2. The van der Waals surface area contributed by atoms with Crippen molar-refractivity contribution in [3.8, 4) is 22.6 Å². The van der Waals surface area contributed by atoms with Gasteiger partial charge in [0.25, 0.3) is 5.91 Å². The maximum absolute atomic E-state index is 14.1. The average molecular weight is 604 g/mol. The normalized spacial score (nSPS) is 11.0. The molecule has 0 aliphatic carbocycles. The van der Waals surface area contributed by atoms with Gasteiger partial charge >= 0.3 is 0 Å². The van der Waals surface area contributed by atoms with Crippen LogP contribution in [0.1, 0.15) is 35.3 Å². The fourth-order valence-electron chi connectivity index (χ4n) is 5.63. The molecule has 0 spiro atoms. The van der Waals surface area contributed by atoms with Crippen LogP contribution in [0.2, 0.25) is 0 Å². The van der Waals surface area contributed by atoms with Crippen LogP contribution in [0.4, 0.5) is 0 Å². The van der Waals surface area contributed by atoms with E-state index in [4.69, 9.17) is 9.47 Å². The molecule has 7 heteroatoms. The Morgan fingerprint density at radius 2 is 1.47 bits per heavy atom. The van der Waals surface area contributed by atoms with Crippen molar-refractivity contribution in [1.82, 2.24) is 14.8 Å². The van der Waals surface area contributed by atoms with E-state index in [2.05, 4.69) is 24.9 Å². The van der Waals surface area contributed by atoms with Crippen LogP contribution in [0.25, 0.3) is 22.0 Å². The number of aromatic nitrogens is 1. The summed E-state index contributed by atoms with van der Waals surface area (Å²) in [5, 5.41) is 1.14. The number of para-hydroxylation sites is 1. The van der Waals surface area contributed by atoms with Gasteiger partial charge in [0.15, 0.2) is 11.5 Å². The first-order chi connectivity index (χ1) is 21.9. The van der Waals surface area contributed by atoms with E-state index in [0.717, 1.165) is 33.2 Å². The summed E-state index contributed by atoms with van der Waals surface area (Å²) in [6, 6.07) is 31.5. The minimum atomic E-state index is -0.153. The van der Waals surface area contributed by atoms with Crippen LogP contribution in [0.15, 0.2) is 103 Å². The standard InChI is InChI=1S/C38H41N3O4/c1-27(2)24-41(38(43)31-17-15-30(16-18-31)29-10-6-5-7-11-29)26-37(42)40(25-28-14-19-35(44-3)36(22-28)45-4)21-20-32-23-39-34-13-9-8-12-33(32)34/h5-19,22-23,27,39H,20-21,24-26H2,1-4H3. The third-order valence-electron chi connectivity index (χ3n) is 7.94. The van der Waals surface area contributed by atoms with Crippen molar-refractivity contribution in [1.29, 1.82) is 0 Å². The lowest BCUT2D eigenvalue weighted by Crippen LogP contribution is -2.44. The Bertz CT molecular complexity index is 1730. The molecule has 0 unspecified atom stereocenters. The Hall–Kier alpha value is -5.04. The van der Waals surface area contributed by atoms with E-state index in [-0.39, 0.29) is 24.3 Å². The molecule has 2 amide bonds. The first-order valence-corrected chi connectivity index (χ1v) is 15.3. The lowest BCUT2D eigenvalue weighted by Gasteiger charge is -2.29. The molecule has 0 atom stereocenters. The van der Waals surface area contributed by atoms with Crippen molar-refractivity contribution in [3.63, 3.8) is 0 Å². The molecule has 5 rings (SSSR count). The molecular weight excluding hydrogens is 562 g/mol. The SMILES string of the molecule is COc1ccc(CN(CCc2c[nH]c3ccccc23)C(=O)CN(CC(C)C)C(=O)c2ccc(-c3ccccc3)cc2)cc1OC. The van der Waals surface area contributed by atoms with Gasteiger partial charge < -0.3 is 24.3 Å². The summed E-state index contributed by atoms with van der Waals surface area (Å²) in [6.45, 7) is 5.43. The number of H-pyrrole nitrogens is 1. The van der Waals surface area contributed by atoms with Crippen molar-refractivity contribution in [2.75, 3.05) is 33.9 Å². The molecule has 0 saturated heterocycles. The minimum absolute atomic E-state index is 0.0153. The number of hydrogen-bond acceptors (Lipinski definition) is 4. The number of rotatable bonds is 13. The molecule has 0 aliphatic heterocycles. The second kappa shape index (κ2) is 14.6. The number of carbonyl (C=O) groups is 2. The summed E-state index contributed by atoms with van der Waals surface area (Å²) < 4.78 is 10.9. The number of hydrogen-bond donors (Lipinski definition) is 1. The molecular formula is C38H41N3O4. The highest BCUT2D eigenvalue weighted by Crippen LogP contribution is 2.28. The van der Waals surface area contributed by atoms with Crippen molar-refractivity contribution in [2.24, 2.45) is 5.92 Å². The Labute approximate surface area is 265 Å². The third kappa shape index (κ3) is 7.73. The van der Waals surface area contributed by atoms with Crippen LogP contribution >= 0.6 is 0 Å². The monoisotopic (exact) mass is 603 g/mol. The molecule has 45 heavy (non-hydrogen) atoms. The van der Waals surface area contributed by atoms with Gasteiger partial charge in [-0.3, -0.25) is 9.59 Å². The van der Waals surface area contributed by atoms with Crippen molar-refractivity contribution in [2.45, 2.75) is 26.8 Å². The summed E-state index contributed by atoms with van der Waals surface area (Å²) >= 11 is 0. The number of ether oxygens (including phenoxy) is 2. The van der Waals surface area contributed by atoms with Crippen LogP contribution in [0, 0.1) is 5.92 Å². The van der Waals surface area contributed by atoms with Gasteiger partial charge in [-0.2, -0.15) is 0 Å². The minimum Gasteiger partial charge on any atom is -0.493 e. The van der Waals surface area contributed by atoms with Gasteiger partial charge in [0.05, 0.1) is 14.2 Å². The van der Waals surface area contributed by atoms with Crippen LogP contribution in [0.3, 0.4) is 0 Å². The number of aromatic amines is 1. The van der Waals surface area contributed by atoms with E-state index in [1.807, 2.05) is 102 Å². The van der Waals surface area contributed by atoms with Gasteiger partial charge in [-0.1, -0.05) is 80.6 Å². The Morgan fingerprint density at radius 1 is 0.778 bits per heavy atom. The van der Waals surface area contributed by atoms with Gasteiger partial charge in [0.1, 0.15) is 6.54 Å². The van der Waals surface area contributed by atoms with E-state index < -0.39 is 0 Å². The molecule has 4 aromatic carbocycles. The zero-order chi connectivity index (χ0) is 31.8. The number of benzene rings is 4. The molecule has 232 valence electrons. The predicted molar refractivity (Wildman–Crippen MR) is 180 cm³/mol. The second-order valence-electron chi connectivity index (χ2n) is 11.6. The summed E-state index contributed by atoms with van der Waals surface area (Å²) in [4.78, 5) is 34.7. The van der Waals surface area contributed by atoms with Crippen molar-refractivity contribution < 1.29 is 19.1 Å². The lowest BCUT2D eigenvalue weighted by molar-refractivity contribution is -0.132. The van der Waals surface area contributed by atoms with Crippen LogP contribution in [-0.4, -0.2) is 60.5 Å². The number of amides is 2. The zero-order valence-electron chi connectivity index (χ0n) is 26.5. The van der Waals surface area contributed by atoms with Crippen LogP contribution < -0.4 is 9.47 Å². The molecule has 0 aliphatic rings. The van der Waals surface area contributed by atoms with Gasteiger partial charge in [0, 0.05) is 42.3 Å². The zero-order valence-corrected chi connectivity index (χ0v) is 26.5. The Kier molecular flexibility index (Phi) is 10.2. The van der Waals surface area contributed by atoms with Gasteiger partial charge in [-0.05, 0) is 64.9 Å². The van der Waals surface area contributed by atoms with E-state index >= 15 is 0 Å². The molecule has 1 heterocycles. The van der Waals surface area contributed by atoms with Crippen LogP contribution in [0.5, 0.6) is 11.5 Å². The lowest BCUT2D eigenvalue weighted by atomic mass is 10.0. The highest BCUT2D eigenvalue weighted by molar-refractivity contribution is 5.97. The largest absolute Gasteiger partial charge is 0.493 e. The van der Waals surface area contributed by atoms with E-state index in [1.165, 1.54) is 0 Å². The van der Waals surface area contributed by atoms with Gasteiger partial charge in [-0.15, -0.1) is 0 Å². The molecule has 1 aromatic heterocycles. The molecule has 0 fully saturated rings. The second-order valence-corrected chi connectivity index (χ2v) is 11.6. The first kappa shape index (κ1) is 31.4. The summed E-state index contributed by atoms with van der Waals surface area (Å²) in [7, 11) is 3.20. The summed E-state index contributed by atoms with van der Waals surface area (Å²) in [5.74, 6) is 1.16. The molecule has 0 bridgehead atoms. The summed E-state index contributed by atoms with van der Waals surface area (Å²) in [6.07, 6.45) is 2.68. The fourth-order valence-corrected chi connectivity index (χ4v) is 5.63. The highest BCUT2D eigenvalue weighted by atomic mass is 16.5. The molecule has 7 nitrogen and oxygen atoms in total. The number of nitrogens with zero attached hydrogens (tertiary/aromatic N) is 2. The fraction of sp³-hybridized carbons (Fsp3) is 0.263. The predicted octanol–water partition coefficient (Wildman–Crippen LogP) is 7.22. The highest BCUT2D eigenvalue weighted by Gasteiger charge is 2.24. The van der Waals surface area contributed by atoms with Crippen molar-refractivity contribution in [3.05, 3.63) is 120 Å². The topological polar surface area (TPSA) is 74.9 Å². The third-order valence-corrected chi connectivity index (χ3v) is 7.94. The molecule has 5 aromatic rings. The average Bonchev–Trinajstić information content (AvgIpc) is 3.49. The molecule has 1 N–H and O–H groups in total. The molecule has 0 radical (unpaired) electrons. The number of methoxy groups -OCH3 is 2. The quantitative estimate of drug-likeness (QED) is 0.154. The maximum atomic E-state index is 14.1. The van der Waals surface area contributed by atoms with E-state index in [9.17, 15) is 9.59 Å². The smallest absolute Gasteiger partial charge is 0.254 e. The number of fused-ring (bicyclic) bond motifs is 1. The first-order valence-electron chi connectivity index (χ1n) is 15.3. The van der Waals surface area contributed by atoms with Crippen molar-refractivity contribution >= 4 is 22.7 Å². The van der Waals surface area contributed by atoms with E-state index in [0.29, 0.717) is 43.1 Å². The Balaban J connectivity index is 1.38. The molecule has 0 saturated carbocycles. The Morgan fingerprint density at radius 3 is 2.18 bits per heavy atom. The van der Waals surface area contributed by atoms with Crippen LogP contribution in [-0.2, 0) is 17.8 Å². The number of nitrogens with one attached hydrogen (secondary N) is 1. The van der Waals surface area contributed by atoms with Gasteiger partial charge in [0.2, 0.25) is 5.91 Å². The van der Waals surface area contributed by atoms with Gasteiger partial charge in [-0.25, -0.2) is 0 Å². The maximum Gasteiger partial charge on any atom is 0.254 e. The summed E-state index contributed by atoms with van der Waals surface area (Å²) in [5.41, 5.74) is 5.82.